The SMILES string of the molecule is CC/C=C\C/C=C\C/C=C\C/C=C\C/C=C\CCCCCCCC(=O)OC(COCCCCCCCCCCCCCCCCCCCCCCCCCC)COP(=O)(O)OCC(O)CO. The van der Waals surface area contributed by atoms with E-state index in [-0.39, 0.29) is 19.6 Å². The third kappa shape index (κ3) is 51.5. The highest BCUT2D eigenvalue weighted by Gasteiger charge is 2.26. The van der Waals surface area contributed by atoms with Crippen molar-refractivity contribution in [2.45, 2.75) is 257 Å². The van der Waals surface area contributed by atoms with E-state index >= 15 is 0 Å². The van der Waals surface area contributed by atoms with Gasteiger partial charge in [0.1, 0.15) is 12.2 Å². The highest BCUT2D eigenvalue weighted by Crippen LogP contribution is 2.43. The summed E-state index contributed by atoms with van der Waals surface area (Å²) in [5.74, 6) is -0.398. The molecule has 0 amide bonds. The van der Waals surface area contributed by atoms with Crippen molar-refractivity contribution in [1.82, 2.24) is 0 Å². The monoisotopic (exact) mass is 951 g/mol. The molecule has 0 aromatic heterocycles. The van der Waals surface area contributed by atoms with E-state index in [9.17, 15) is 19.4 Å². The van der Waals surface area contributed by atoms with Crippen molar-refractivity contribution < 1.29 is 43.0 Å². The van der Waals surface area contributed by atoms with Gasteiger partial charge in [0.25, 0.3) is 0 Å². The third-order valence-corrected chi connectivity index (χ3v) is 12.7. The van der Waals surface area contributed by atoms with Crippen LogP contribution in [0.25, 0.3) is 0 Å². The van der Waals surface area contributed by atoms with Crippen LogP contribution >= 0.6 is 7.82 Å². The molecule has 3 unspecified atom stereocenters. The second-order valence-electron chi connectivity index (χ2n) is 18.2. The molecule has 0 aromatic carbocycles. The smallest absolute Gasteiger partial charge is 0.457 e. The van der Waals surface area contributed by atoms with Gasteiger partial charge in [0.2, 0.25) is 0 Å². The first-order valence-corrected chi connectivity index (χ1v) is 28.8. The number of phosphoric acid groups is 1. The summed E-state index contributed by atoms with van der Waals surface area (Å²) in [4.78, 5) is 22.7. The minimum Gasteiger partial charge on any atom is -0.457 e. The Morgan fingerprint density at radius 2 is 0.864 bits per heavy atom. The molecule has 3 atom stereocenters. The molecule has 0 saturated heterocycles. The molecule has 0 aliphatic carbocycles. The number of rotatable bonds is 52. The second-order valence-corrected chi connectivity index (χ2v) is 19.7. The summed E-state index contributed by atoms with van der Waals surface area (Å²) < 4.78 is 33.6. The van der Waals surface area contributed by atoms with Crippen molar-refractivity contribution in [1.29, 1.82) is 0 Å². The molecule has 9 nitrogen and oxygen atoms in total. The minimum absolute atomic E-state index is 0.0418. The van der Waals surface area contributed by atoms with Crippen LogP contribution in [0.5, 0.6) is 0 Å². The number of unbranched alkanes of at least 4 members (excludes halogenated alkanes) is 28. The lowest BCUT2D eigenvalue weighted by Crippen LogP contribution is -2.29. The number of phosphoric ester groups is 1. The maximum absolute atomic E-state index is 12.7. The zero-order valence-electron chi connectivity index (χ0n) is 42.7. The number of aliphatic hydroxyl groups is 2. The van der Waals surface area contributed by atoms with Gasteiger partial charge in [-0.2, -0.15) is 0 Å². The Hall–Kier alpha value is -1.84. The number of esters is 1. The fraction of sp³-hybridized carbons (Fsp3) is 0.804. The Balaban J connectivity index is 4.06. The molecule has 3 N–H and O–H groups in total. The van der Waals surface area contributed by atoms with E-state index in [4.69, 9.17) is 23.6 Å². The first kappa shape index (κ1) is 64.2. The summed E-state index contributed by atoms with van der Waals surface area (Å²) in [6, 6.07) is 0. The van der Waals surface area contributed by atoms with E-state index in [0.29, 0.717) is 13.0 Å². The van der Waals surface area contributed by atoms with Crippen LogP contribution in [0.1, 0.15) is 245 Å². The number of allylic oxidation sites excluding steroid dienone is 10. The van der Waals surface area contributed by atoms with Gasteiger partial charge in [-0.1, -0.05) is 242 Å². The van der Waals surface area contributed by atoms with Gasteiger partial charge in [-0.25, -0.2) is 4.57 Å². The second kappa shape index (κ2) is 52.5. The van der Waals surface area contributed by atoms with Gasteiger partial charge < -0.3 is 24.6 Å². The minimum atomic E-state index is -4.53. The van der Waals surface area contributed by atoms with Crippen LogP contribution in [-0.2, 0) is 27.9 Å². The van der Waals surface area contributed by atoms with Gasteiger partial charge in [-0.05, 0) is 57.8 Å². The van der Waals surface area contributed by atoms with Crippen molar-refractivity contribution in [3.8, 4) is 0 Å². The number of hydrogen-bond acceptors (Lipinski definition) is 8. The summed E-state index contributed by atoms with van der Waals surface area (Å²) in [7, 11) is -4.53. The molecule has 386 valence electrons. The van der Waals surface area contributed by atoms with Crippen molar-refractivity contribution in [3.63, 3.8) is 0 Å². The Kier molecular flexibility index (Phi) is 51.1. The van der Waals surface area contributed by atoms with E-state index < -0.39 is 39.2 Å². The Morgan fingerprint density at radius 1 is 0.485 bits per heavy atom. The molecule has 0 rings (SSSR count). The number of carbonyl (C=O) groups excluding carboxylic acids is 1. The lowest BCUT2D eigenvalue weighted by Gasteiger charge is -2.20. The molecule has 0 aliphatic heterocycles. The molecule has 0 saturated carbocycles. The van der Waals surface area contributed by atoms with E-state index in [1.165, 1.54) is 135 Å². The standard InChI is InChI=1S/C56H103O9P/c1-3-5-7-9-11-13-15-17-19-21-23-25-26-27-29-31-33-35-37-39-41-43-45-47-49-62-52-55(53-64-66(60,61)63-51-54(58)50-57)65-56(59)48-46-44-42-40-38-36-34-32-30-28-24-22-20-18-16-14-12-10-8-6-4-2/h6,8,12,14,18,20,24,28,32,34,54-55,57-58H,3-5,7,9-11,13,15-17,19,21-23,25-27,29-31,33,35-53H2,1-2H3,(H,60,61)/b8-6-,14-12-,20-18-,28-24-,34-32-. The third-order valence-electron chi connectivity index (χ3n) is 11.7. The first-order valence-electron chi connectivity index (χ1n) is 27.3. The molecule has 0 bridgehead atoms. The Morgan fingerprint density at radius 3 is 1.30 bits per heavy atom. The average Bonchev–Trinajstić information content (AvgIpc) is 3.31. The average molecular weight is 951 g/mol. The summed E-state index contributed by atoms with van der Waals surface area (Å²) in [6.45, 7) is 3.42. The van der Waals surface area contributed by atoms with Gasteiger partial charge in [0, 0.05) is 13.0 Å². The number of ether oxygens (including phenoxy) is 2. The summed E-state index contributed by atoms with van der Waals surface area (Å²) >= 11 is 0. The highest BCUT2D eigenvalue weighted by molar-refractivity contribution is 7.47. The maximum Gasteiger partial charge on any atom is 0.472 e. The molecule has 0 radical (unpaired) electrons. The van der Waals surface area contributed by atoms with Crippen molar-refractivity contribution >= 4 is 13.8 Å². The fourth-order valence-corrected chi connectivity index (χ4v) is 8.41. The molecule has 0 heterocycles. The van der Waals surface area contributed by atoms with Gasteiger partial charge in [-0.3, -0.25) is 13.8 Å². The molecular weight excluding hydrogens is 848 g/mol. The summed E-state index contributed by atoms with van der Waals surface area (Å²) in [5.41, 5.74) is 0. The molecular formula is C56H103O9P. The predicted octanol–water partition coefficient (Wildman–Crippen LogP) is 16.3. The van der Waals surface area contributed by atoms with Crippen molar-refractivity contribution in [2.75, 3.05) is 33.0 Å². The van der Waals surface area contributed by atoms with Crippen LogP contribution in [0.3, 0.4) is 0 Å². The van der Waals surface area contributed by atoms with Crippen LogP contribution in [0.2, 0.25) is 0 Å². The highest BCUT2D eigenvalue weighted by atomic mass is 31.2. The Bertz CT molecular complexity index is 1220. The summed E-state index contributed by atoms with van der Waals surface area (Å²) in [6.07, 6.45) is 63.4. The lowest BCUT2D eigenvalue weighted by molar-refractivity contribution is -0.154. The Labute approximate surface area is 406 Å². The van der Waals surface area contributed by atoms with E-state index in [1.54, 1.807) is 0 Å². The lowest BCUT2D eigenvalue weighted by atomic mass is 10.0. The van der Waals surface area contributed by atoms with Crippen LogP contribution in [-0.4, -0.2) is 66.3 Å². The normalized spacial score (nSPS) is 14.2. The zero-order valence-corrected chi connectivity index (χ0v) is 43.6. The largest absolute Gasteiger partial charge is 0.472 e. The fourth-order valence-electron chi connectivity index (χ4n) is 7.62. The summed E-state index contributed by atoms with van der Waals surface area (Å²) in [5, 5.41) is 18.4. The zero-order chi connectivity index (χ0) is 48.1. The molecule has 10 heteroatoms. The van der Waals surface area contributed by atoms with E-state index in [1.807, 2.05) is 0 Å². The van der Waals surface area contributed by atoms with Crippen LogP contribution < -0.4 is 0 Å². The van der Waals surface area contributed by atoms with E-state index in [2.05, 4.69) is 74.6 Å². The van der Waals surface area contributed by atoms with Crippen LogP contribution in [0.4, 0.5) is 0 Å². The number of hydrogen-bond donors (Lipinski definition) is 3. The topological polar surface area (TPSA) is 132 Å². The molecule has 0 aliphatic rings. The molecule has 0 aromatic rings. The van der Waals surface area contributed by atoms with Crippen molar-refractivity contribution in [2.24, 2.45) is 0 Å². The van der Waals surface area contributed by atoms with Crippen LogP contribution in [0.15, 0.2) is 60.8 Å². The van der Waals surface area contributed by atoms with Gasteiger partial charge in [0.15, 0.2) is 0 Å². The molecule has 66 heavy (non-hydrogen) atoms. The predicted molar refractivity (Wildman–Crippen MR) is 279 cm³/mol. The van der Waals surface area contributed by atoms with Crippen molar-refractivity contribution in [3.05, 3.63) is 60.8 Å². The molecule has 0 fully saturated rings. The van der Waals surface area contributed by atoms with Gasteiger partial charge in [0.05, 0.1) is 26.4 Å². The maximum atomic E-state index is 12.7. The molecule has 0 spiro atoms. The quantitative estimate of drug-likeness (QED) is 0.0236. The van der Waals surface area contributed by atoms with Crippen LogP contribution in [0, 0.1) is 0 Å². The number of carbonyl (C=O) groups is 1. The van der Waals surface area contributed by atoms with Gasteiger partial charge in [-0.15, -0.1) is 0 Å². The van der Waals surface area contributed by atoms with E-state index in [0.717, 1.165) is 83.5 Å². The first-order chi connectivity index (χ1) is 32.3. The number of aliphatic hydroxyl groups excluding tert-OH is 2. The van der Waals surface area contributed by atoms with Gasteiger partial charge >= 0.3 is 13.8 Å².